The van der Waals surface area contributed by atoms with E-state index in [0.29, 0.717) is 12.4 Å². The molecule has 0 saturated heterocycles. The highest BCUT2D eigenvalue weighted by Crippen LogP contribution is 2.26. The number of benzene rings is 2. The van der Waals surface area contributed by atoms with E-state index >= 15 is 0 Å². The number of aryl methyl sites for hydroxylation is 1. The summed E-state index contributed by atoms with van der Waals surface area (Å²) in [5.74, 6) is -0.171. The second-order valence-corrected chi connectivity index (χ2v) is 7.34. The third-order valence-corrected chi connectivity index (χ3v) is 5.06. The molecule has 0 bridgehead atoms. The zero-order chi connectivity index (χ0) is 17.6. The fraction of sp³-hybridized carbons (Fsp3) is 0.278. The second kappa shape index (κ2) is 7.97. The van der Waals surface area contributed by atoms with Crippen LogP contribution in [0.1, 0.15) is 18.9 Å². The summed E-state index contributed by atoms with van der Waals surface area (Å²) in [6, 6.07) is 13.3. The molecule has 0 spiro atoms. The van der Waals surface area contributed by atoms with Gasteiger partial charge >= 0.3 is 5.97 Å². The van der Waals surface area contributed by atoms with E-state index in [4.69, 9.17) is 9.47 Å². The lowest BCUT2D eigenvalue weighted by molar-refractivity contribution is -0.134. The highest BCUT2D eigenvalue weighted by molar-refractivity contribution is 7.91. The maximum Gasteiger partial charge on any atom is 0.312 e. The second-order valence-electron chi connectivity index (χ2n) is 5.24. The number of carbonyl (C=O) groups excluding carboxylic acids is 1. The van der Waals surface area contributed by atoms with Gasteiger partial charge in [0.1, 0.15) is 0 Å². The van der Waals surface area contributed by atoms with Crippen molar-refractivity contribution >= 4 is 15.8 Å². The minimum atomic E-state index is -3.52. The first-order chi connectivity index (χ1) is 11.4. The molecule has 0 aliphatic rings. The molecule has 0 saturated carbocycles. The number of sulfone groups is 1. The number of rotatable bonds is 7. The number of ether oxygens (including phenoxy) is 2. The van der Waals surface area contributed by atoms with Crippen molar-refractivity contribution < 1.29 is 22.7 Å². The van der Waals surface area contributed by atoms with Gasteiger partial charge in [0, 0.05) is 0 Å². The topological polar surface area (TPSA) is 69.7 Å². The first kappa shape index (κ1) is 18.0. The molecule has 0 fully saturated rings. The molecule has 0 aliphatic carbocycles. The number of hydrogen-bond donors (Lipinski definition) is 0. The van der Waals surface area contributed by atoms with E-state index in [9.17, 15) is 13.2 Å². The van der Waals surface area contributed by atoms with Crippen molar-refractivity contribution in [1.82, 2.24) is 0 Å². The third-order valence-electron chi connectivity index (χ3n) is 3.33. The smallest absolute Gasteiger partial charge is 0.312 e. The van der Waals surface area contributed by atoms with E-state index in [-0.39, 0.29) is 22.8 Å². The van der Waals surface area contributed by atoms with Crippen LogP contribution in [0.3, 0.4) is 0 Å². The summed E-state index contributed by atoms with van der Waals surface area (Å²) in [6.45, 7) is 4.15. The molecule has 2 aromatic carbocycles. The van der Waals surface area contributed by atoms with E-state index in [2.05, 4.69) is 0 Å². The average Bonchev–Trinajstić information content (AvgIpc) is 2.56. The number of para-hydroxylation sites is 2. The lowest BCUT2D eigenvalue weighted by Crippen LogP contribution is -2.16. The summed E-state index contributed by atoms with van der Waals surface area (Å²) in [6.07, 6.45) is -0.226. The van der Waals surface area contributed by atoms with Gasteiger partial charge < -0.3 is 9.47 Å². The largest absolute Gasteiger partial charge is 0.490 e. The molecule has 6 heteroatoms. The molecule has 0 aliphatic heterocycles. The summed E-state index contributed by atoms with van der Waals surface area (Å²) in [5, 5.41) is 0. The van der Waals surface area contributed by atoms with Crippen LogP contribution in [0.4, 0.5) is 0 Å². The van der Waals surface area contributed by atoms with E-state index in [1.54, 1.807) is 48.5 Å². The van der Waals surface area contributed by atoms with E-state index in [1.807, 2.05) is 13.8 Å². The van der Waals surface area contributed by atoms with Crippen LogP contribution < -0.4 is 9.47 Å². The summed E-state index contributed by atoms with van der Waals surface area (Å²) in [5.41, 5.74) is 0.973. The molecule has 128 valence electrons. The molecule has 5 nitrogen and oxygen atoms in total. The van der Waals surface area contributed by atoms with E-state index in [0.717, 1.165) is 5.56 Å². The van der Waals surface area contributed by atoms with Gasteiger partial charge in [0.05, 0.1) is 23.7 Å². The van der Waals surface area contributed by atoms with Gasteiger partial charge in [0.2, 0.25) is 0 Å². The maximum atomic E-state index is 12.2. The molecular weight excluding hydrogens is 328 g/mol. The zero-order valence-electron chi connectivity index (χ0n) is 13.7. The van der Waals surface area contributed by atoms with Crippen LogP contribution in [0, 0.1) is 6.92 Å². The van der Waals surface area contributed by atoms with Crippen LogP contribution in [0.25, 0.3) is 0 Å². The van der Waals surface area contributed by atoms with Crippen molar-refractivity contribution in [3.05, 3.63) is 54.1 Å². The lowest BCUT2D eigenvalue weighted by Gasteiger charge is -2.10. The first-order valence-corrected chi connectivity index (χ1v) is 9.29. The molecule has 0 N–H and O–H groups in total. The molecule has 0 amide bonds. The first-order valence-electron chi connectivity index (χ1n) is 7.64. The highest BCUT2D eigenvalue weighted by Gasteiger charge is 2.18. The fourth-order valence-electron chi connectivity index (χ4n) is 2.06. The summed E-state index contributed by atoms with van der Waals surface area (Å²) in [4.78, 5) is 12.2. The predicted octanol–water partition coefficient (Wildman–Crippen LogP) is 3.16. The SMILES string of the molecule is CCOc1ccccc1OC(=O)CCS(=O)(=O)c1ccc(C)cc1. The van der Waals surface area contributed by atoms with Crippen LogP contribution in [0.5, 0.6) is 11.5 Å². The van der Waals surface area contributed by atoms with Gasteiger partial charge in [0.15, 0.2) is 21.3 Å². The quantitative estimate of drug-likeness (QED) is 0.568. The summed E-state index contributed by atoms with van der Waals surface area (Å²) < 4.78 is 35.1. The molecule has 0 heterocycles. The Morgan fingerprint density at radius 2 is 1.62 bits per heavy atom. The van der Waals surface area contributed by atoms with Crippen molar-refractivity contribution in [2.24, 2.45) is 0 Å². The Morgan fingerprint density at radius 3 is 2.25 bits per heavy atom. The normalized spacial score (nSPS) is 11.1. The minimum absolute atomic E-state index is 0.204. The summed E-state index contributed by atoms with van der Waals surface area (Å²) >= 11 is 0. The number of carbonyl (C=O) groups is 1. The average molecular weight is 348 g/mol. The monoisotopic (exact) mass is 348 g/mol. The molecule has 0 atom stereocenters. The minimum Gasteiger partial charge on any atom is -0.490 e. The highest BCUT2D eigenvalue weighted by atomic mass is 32.2. The van der Waals surface area contributed by atoms with Gasteiger partial charge in [-0.2, -0.15) is 0 Å². The van der Waals surface area contributed by atoms with Crippen LogP contribution in [-0.2, 0) is 14.6 Å². The lowest BCUT2D eigenvalue weighted by atomic mass is 10.2. The molecule has 0 aromatic heterocycles. The Labute approximate surface area is 142 Å². The van der Waals surface area contributed by atoms with Crippen LogP contribution in [0.15, 0.2) is 53.4 Å². The Balaban J connectivity index is 1.99. The van der Waals surface area contributed by atoms with Crippen LogP contribution in [-0.4, -0.2) is 26.7 Å². The van der Waals surface area contributed by atoms with Crippen molar-refractivity contribution in [3.63, 3.8) is 0 Å². The van der Waals surface area contributed by atoms with E-state index in [1.165, 1.54) is 0 Å². The van der Waals surface area contributed by atoms with Crippen molar-refractivity contribution in [1.29, 1.82) is 0 Å². The van der Waals surface area contributed by atoms with Crippen molar-refractivity contribution in [2.75, 3.05) is 12.4 Å². The van der Waals surface area contributed by atoms with Crippen molar-refractivity contribution in [3.8, 4) is 11.5 Å². The van der Waals surface area contributed by atoms with Gasteiger partial charge in [-0.3, -0.25) is 4.79 Å². The fourth-order valence-corrected chi connectivity index (χ4v) is 3.29. The Morgan fingerprint density at radius 1 is 1.00 bits per heavy atom. The van der Waals surface area contributed by atoms with Gasteiger partial charge in [-0.25, -0.2) is 8.42 Å². The molecule has 0 unspecified atom stereocenters. The zero-order valence-corrected chi connectivity index (χ0v) is 14.5. The van der Waals surface area contributed by atoms with Gasteiger partial charge in [-0.1, -0.05) is 29.8 Å². The molecule has 0 radical (unpaired) electrons. The Hall–Kier alpha value is -2.34. The number of esters is 1. The number of hydrogen-bond acceptors (Lipinski definition) is 5. The molecule has 2 aromatic rings. The Bertz CT molecular complexity index is 794. The van der Waals surface area contributed by atoms with Crippen LogP contribution >= 0.6 is 0 Å². The Kier molecular flexibility index (Phi) is 5.98. The molecule has 24 heavy (non-hydrogen) atoms. The standard InChI is InChI=1S/C18H20O5S/c1-3-22-16-6-4-5-7-17(16)23-18(19)12-13-24(20,21)15-10-8-14(2)9-11-15/h4-11H,3,12-13H2,1-2H3. The van der Waals surface area contributed by atoms with Gasteiger partial charge in [-0.05, 0) is 38.1 Å². The maximum absolute atomic E-state index is 12.2. The summed E-state index contributed by atoms with van der Waals surface area (Å²) in [7, 11) is -3.52. The van der Waals surface area contributed by atoms with E-state index < -0.39 is 15.8 Å². The van der Waals surface area contributed by atoms with Crippen LogP contribution in [0.2, 0.25) is 0 Å². The van der Waals surface area contributed by atoms with Gasteiger partial charge in [0.25, 0.3) is 0 Å². The van der Waals surface area contributed by atoms with Crippen molar-refractivity contribution in [2.45, 2.75) is 25.2 Å². The molecular formula is C18H20O5S. The molecule has 2 rings (SSSR count). The van der Waals surface area contributed by atoms with Gasteiger partial charge in [-0.15, -0.1) is 0 Å². The predicted molar refractivity (Wildman–Crippen MR) is 91.1 cm³/mol. The third kappa shape index (κ3) is 4.83.